The van der Waals surface area contributed by atoms with Crippen molar-refractivity contribution in [1.29, 1.82) is 0 Å². The highest BCUT2D eigenvalue weighted by atomic mass is 19.1. The van der Waals surface area contributed by atoms with Crippen LogP contribution in [0.5, 0.6) is 0 Å². The molecule has 130 valence electrons. The Kier molecular flexibility index (Phi) is 5.86. The second-order valence-electron chi connectivity index (χ2n) is 5.91. The lowest BCUT2D eigenvalue weighted by atomic mass is 10.1. The number of rotatable bonds is 7. The van der Waals surface area contributed by atoms with Crippen LogP contribution >= 0.6 is 0 Å². The minimum absolute atomic E-state index is 0.0266. The van der Waals surface area contributed by atoms with E-state index in [9.17, 15) is 18.8 Å². The molecule has 0 bridgehead atoms. The van der Waals surface area contributed by atoms with Gasteiger partial charge in [-0.2, -0.15) is 0 Å². The molecule has 2 N–H and O–H groups in total. The zero-order valence-electron chi connectivity index (χ0n) is 13.7. The first kappa shape index (κ1) is 17.9. The van der Waals surface area contributed by atoms with Gasteiger partial charge in [-0.3, -0.25) is 14.5 Å². The minimum Gasteiger partial charge on any atom is -0.355 e. The van der Waals surface area contributed by atoms with Crippen molar-refractivity contribution >= 4 is 17.8 Å². The van der Waals surface area contributed by atoms with Crippen LogP contribution in [0.3, 0.4) is 0 Å². The fourth-order valence-electron chi connectivity index (χ4n) is 2.36. The molecular weight excluding hydrogens is 315 g/mol. The molecule has 2 rings (SSSR count). The summed E-state index contributed by atoms with van der Waals surface area (Å²) in [7, 11) is 3.77. The van der Waals surface area contributed by atoms with Crippen LogP contribution in [0.15, 0.2) is 24.3 Å². The van der Waals surface area contributed by atoms with E-state index in [4.69, 9.17) is 0 Å². The van der Waals surface area contributed by atoms with Gasteiger partial charge in [0, 0.05) is 13.1 Å². The Hall–Kier alpha value is -2.48. The van der Waals surface area contributed by atoms with Crippen molar-refractivity contribution in [3.05, 3.63) is 35.6 Å². The molecule has 1 saturated heterocycles. The third-order valence-corrected chi connectivity index (χ3v) is 3.61. The van der Waals surface area contributed by atoms with Gasteiger partial charge in [0.1, 0.15) is 11.9 Å². The van der Waals surface area contributed by atoms with Crippen LogP contribution in [0.2, 0.25) is 0 Å². The normalized spacial score (nSPS) is 17.3. The predicted molar refractivity (Wildman–Crippen MR) is 85.5 cm³/mol. The van der Waals surface area contributed by atoms with Gasteiger partial charge in [0.25, 0.3) is 5.91 Å². The van der Waals surface area contributed by atoms with E-state index in [0.29, 0.717) is 18.7 Å². The highest BCUT2D eigenvalue weighted by Gasteiger charge is 2.38. The lowest BCUT2D eigenvalue weighted by Gasteiger charge is -2.13. The van der Waals surface area contributed by atoms with Crippen molar-refractivity contribution in [2.24, 2.45) is 0 Å². The van der Waals surface area contributed by atoms with Gasteiger partial charge in [0.05, 0.1) is 13.0 Å². The molecule has 4 amide bonds. The van der Waals surface area contributed by atoms with Gasteiger partial charge in [-0.05, 0) is 31.8 Å². The smallest absolute Gasteiger partial charge is 0.325 e. The van der Waals surface area contributed by atoms with E-state index in [1.54, 1.807) is 6.07 Å². The van der Waals surface area contributed by atoms with Crippen LogP contribution in [0.25, 0.3) is 0 Å². The fourth-order valence-corrected chi connectivity index (χ4v) is 2.36. The molecule has 1 aliphatic rings. The van der Waals surface area contributed by atoms with E-state index in [0.717, 1.165) is 4.90 Å². The summed E-state index contributed by atoms with van der Waals surface area (Å²) in [6.07, 6.45) is -0.113. The monoisotopic (exact) mass is 336 g/mol. The van der Waals surface area contributed by atoms with Gasteiger partial charge < -0.3 is 15.5 Å². The summed E-state index contributed by atoms with van der Waals surface area (Å²) in [6, 6.07) is 4.24. The Balaban J connectivity index is 1.90. The highest BCUT2D eigenvalue weighted by Crippen LogP contribution is 2.14. The molecule has 1 atom stereocenters. The minimum atomic E-state index is -0.884. The first-order valence-corrected chi connectivity index (χ1v) is 7.64. The Morgan fingerprint density at radius 2 is 2.12 bits per heavy atom. The molecule has 0 radical (unpaired) electrons. The van der Waals surface area contributed by atoms with Crippen molar-refractivity contribution in [2.45, 2.75) is 19.0 Å². The summed E-state index contributed by atoms with van der Waals surface area (Å²) in [6.45, 7) is 1.12. The largest absolute Gasteiger partial charge is 0.355 e. The maximum atomic E-state index is 13.2. The number of halogens is 1. The van der Waals surface area contributed by atoms with Gasteiger partial charge in [-0.25, -0.2) is 9.18 Å². The third-order valence-electron chi connectivity index (χ3n) is 3.61. The number of amides is 4. The zero-order chi connectivity index (χ0) is 17.7. The van der Waals surface area contributed by atoms with E-state index in [1.165, 1.54) is 18.2 Å². The van der Waals surface area contributed by atoms with Crippen molar-refractivity contribution in [1.82, 2.24) is 20.4 Å². The first-order valence-electron chi connectivity index (χ1n) is 7.64. The van der Waals surface area contributed by atoms with E-state index in [-0.39, 0.29) is 18.9 Å². The second-order valence-corrected chi connectivity index (χ2v) is 5.91. The molecule has 24 heavy (non-hydrogen) atoms. The van der Waals surface area contributed by atoms with Gasteiger partial charge >= 0.3 is 6.03 Å². The van der Waals surface area contributed by atoms with E-state index >= 15 is 0 Å². The number of hydrogen-bond donors (Lipinski definition) is 2. The quantitative estimate of drug-likeness (QED) is 0.703. The third kappa shape index (κ3) is 4.76. The van der Waals surface area contributed by atoms with Crippen molar-refractivity contribution in [2.75, 3.05) is 27.2 Å². The number of benzene rings is 1. The molecule has 1 aromatic rings. The molecular formula is C16H21FN4O3. The number of nitrogens with zero attached hydrogens (tertiary/aromatic N) is 2. The molecule has 1 aromatic carbocycles. The topological polar surface area (TPSA) is 81.8 Å². The SMILES string of the molecule is CN(C)CCNC(=O)C[C@H]1NC(=O)N(Cc2cccc(F)c2)C1=O. The summed E-state index contributed by atoms with van der Waals surface area (Å²) in [5.74, 6) is -1.22. The number of likely N-dealkylation sites (N-methyl/N-ethyl adjacent to an activating group) is 1. The van der Waals surface area contributed by atoms with Crippen LogP contribution in [0, 0.1) is 5.82 Å². The van der Waals surface area contributed by atoms with Gasteiger partial charge in [-0.15, -0.1) is 0 Å². The van der Waals surface area contributed by atoms with Crippen LogP contribution in [0.1, 0.15) is 12.0 Å². The van der Waals surface area contributed by atoms with Crippen LogP contribution in [-0.4, -0.2) is 60.9 Å². The summed E-state index contributed by atoms with van der Waals surface area (Å²) in [5, 5.41) is 5.19. The summed E-state index contributed by atoms with van der Waals surface area (Å²) >= 11 is 0. The van der Waals surface area contributed by atoms with Crippen molar-refractivity contribution < 1.29 is 18.8 Å². The van der Waals surface area contributed by atoms with Crippen LogP contribution in [0.4, 0.5) is 9.18 Å². The summed E-state index contributed by atoms with van der Waals surface area (Å²) in [5.41, 5.74) is 0.509. The number of urea groups is 1. The Morgan fingerprint density at radius 1 is 1.38 bits per heavy atom. The van der Waals surface area contributed by atoms with E-state index in [1.807, 2.05) is 19.0 Å². The van der Waals surface area contributed by atoms with Gasteiger partial charge in [-0.1, -0.05) is 12.1 Å². The number of imide groups is 1. The van der Waals surface area contributed by atoms with Gasteiger partial charge in [0.15, 0.2) is 0 Å². The Bertz CT molecular complexity index is 636. The van der Waals surface area contributed by atoms with E-state index in [2.05, 4.69) is 10.6 Å². The molecule has 0 spiro atoms. The van der Waals surface area contributed by atoms with E-state index < -0.39 is 23.8 Å². The summed E-state index contributed by atoms with van der Waals surface area (Å²) in [4.78, 5) is 39.0. The van der Waals surface area contributed by atoms with Crippen molar-refractivity contribution in [3.63, 3.8) is 0 Å². The zero-order valence-corrected chi connectivity index (χ0v) is 13.7. The van der Waals surface area contributed by atoms with Crippen LogP contribution < -0.4 is 10.6 Å². The standard InChI is InChI=1S/C16H21FN4O3/c1-20(2)7-6-18-14(22)9-13-15(23)21(16(24)19-13)10-11-4-3-5-12(17)8-11/h3-5,8,13H,6-7,9-10H2,1-2H3,(H,18,22)(H,19,24)/t13-/m1/s1. The maximum Gasteiger partial charge on any atom is 0.325 e. The molecule has 0 unspecified atom stereocenters. The van der Waals surface area contributed by atoms with Gasteiger partial charge in [0.2, 0.25) is 5.91 Å². The molecule has 0 aromatic heterocycles. The molecule has 0 aliphatic carbocycles. The second kappa shape index (κ2) is 7.87. The predicted octanol–water partition coefficient (Wildman–Crippen LogP) is 0.314. The number of hydrogen-bond acceptors (Lipinski definition) is 4. The summed E-state index contributed by atoms with van der Waals surface area (Å²) < 4.78 is 13.2. The Morgan fingerprint density at radius 3 is 2.79 bits per heavy atom. The number of carbonyl (C=O) groups excluding carboxylic acids is 3. The average Bonchev–Trinajstić information content (AvgIpc) is 2.74. The maximum absolute atomic E-state index is 13.2. The number of nitrogens with one attached hydrogen (secondary N) is 2. The van der Waals surface area contributed by atoms with Crippen molar-refractivity contribution in [3.8, 4) is 0 Å². The molecule has 8 heteroatoms. The first-order chi connectivity index (χ1) is 11.4. The average molecular weight is 336 g/mol. The molecule has 1 fully saturated rings. The molecule has 1 aliphatic heterocycles. The Labute approximate surface area is 139 Å². The lowest BCUT2D eigenvalue weighted by Crippen LogP contribution is -2.38. The molecule has 1 heterocycles. The molecule has 0 saturated carbocycles. The van der Waals surface area contributed by atoms with Crippen LogP contribution in [-0.2, 0) is 16.1 Å². The highest BCUT2D eigenvalue weighted by molar-refractivity contribution is 6.05. The fraction of sp³-hybridized carbons (Fsp3) is 0.438. The molecule has 7 nitrogen and oxygen atoms in total. The number of carbonyl (C=O) groups is 3. The lowest BCUT2D eigenvalue weighted by molar-refractivity contribution is -0.131.